The van der Waals surface area contributed by atoms with Crippen LogP contribution >= 0.6 is 0 Å². The molecule has 1 aliphatic carbocycles. The van der Waals surface area contributed by atoms with E-state index in [9.17, 15) is 17.2 Å². The van der Waals surface area contributed by atoms with E-state index in [1.807, 2.05) is 17.0 Å². The molecule has 4 rings (SSSR count). The second kappa shape index (κ2) is 6.55. The van der Waals surface area contributed by atoms with E-state index in [0.717, 1.165) is 41.0 Å². The number of sulfonamides is 1. The van der Waals surface area contributed by atoms with Crippen molar-refractivity contribution < 1.29 is 17.2 Å². The molecule has 0 radical (unpaired) electrons. The second-order valence-electron chi connectivity index (χ2n) is 6.53. The Kier molecular flexibility index (Phi) is 4.36. The van der Waals surface area contributed by atoms with Gasteiger partial charge in [0.05, 0.1) is 5.69 Å². The number of halogens is 2. The fourth-order valence-corrected chi connectivity index (χ4v) is 4.65. The van der Waals surface area contributed by atoms with E-state index in [1.165, 1.54) is 0 Å². The van der Waals surface area contributed by atoms with Gasteiger partial charge in [-0.1, -0.05) is 6.07 Å². The van der Waals surface area contributed by atoms with Crippen LogP contribution in [0.15, 0.2) is 35.2 Å². The highest BCUT2D eigenvalue weighted by atomic mass is 32.2. The molecule has 1 saturated carbocycles. The largest absolute Gasteiger partial charge is 0.352 e. The van der Waals surface area contributed by atoms with Crippen molar-refractivity contribution in [3.63, 3.8) is 0 Å². The van der Waals surface area contributed by atoms with Gasteiger partial charge in [-0.3, -0.25) is 0 Å². The summed E-state index contributed by atoms with van der Waals surface area (Å²) in [7, 11) is -4.22. The average molecular weight is 380 g/mol. The van der Waals surface area contributed by atoms with Crippen LogP contribution in [0.1, 0.15) is 24.5 Å². The highest BCUT2D eigenvalue weighted by Crippen LogP contribution is 2.38. The summed E-state index contributed by atoms with van der Waals surface area (Å²) in [5, 5.41) is 8.46. The lowest BCUT2D eigenvalue weighted by Crippen LogP contribution is -2.49. The molecule has 2 fully saturated rings. The molecule has 2 aliphatic rings. The van der Waals surface area contributed by atoms with Crippen LogP contribution in [-0.4, -0.2) is 49.1 Å². The Morgan fingerprint density at radius 3 is 2.12 bits per heavy atom. The maximum Gasteiger partial charge on any atom is 0.249 e. The van der Waals surface area contributed by atoms with Gasteiger partial charge in [0.25, 0.3) is 0 Å². The molecule has 0 spiro atoms. The van der Waals surface area contributed by atoms with Crippen molar-refractivity contribution in [1.29, 1.82) is 0 Å². The fourth-order valence-electron chi connectivity index (χ4n) is 3.12. The molecule has 0 bridgehead atoms. The lowest BCUT2D eigenvalue weighted by molar-refractivity contribution is 0.377. The molecule has 2 aromatic rings. The second-order valence-corrected chi connectivity index (χ2v) is 8.41. The van der Waals surface area contributed by atoms with E-state index < -0.39 is 26.6 Å². The van der Waals surface area contributed by atoms with E-state index in [2.05, 4.69) is 10.2 Å². The normalized spacial score (nSPS) is 18.9. The summed E-state index contributed by atoms with van der Waals surface area (Å²) < 4.78 is 54.1. The SMILES string of the molecule is O=S(=O)(c1c(F)cccc1F)N1CCN(c2ccc(C3CC3)nn2)CC1. The number of rotatable bonds is 4. The van der Waals surface area contributed by atoms with E-state index in [-0.39, 0.29) is 13.1 Å². The first-order valence-electron chi connectivity index (χ1n) is 8.49. The zero-order valence-electron chi connectivity index (χ0n) is 14.0. The minimum Gasteiger partial charge on any atom is -0.352 e. The molecule has 1 aromatic carbocycles. The summed E-state index contributed by atoms with van der Waals surface area (Å²) in [6, 6.07) is 6.89. The molecule has 9 heteroatoms. The smallest absolute Gasteiger partial charge is 0.249 e. The standard InChI is InChI=1S/C17H18F2N4O2S/c18-13-2-1-3-14(19)17(13)26(24,25)23-10-8-22(9-11-23)16-7-6-15(20-21-16)12-4-5-12/h1-3,6-7,12H,4-5,8-11H2. The van der Waals surface area contributed by atoms with Gasteiger partial charge < -0.3 is 4.90 Å². The third-order valence-electron chi connectivity index (χ3n) is 4.75. The number of benzene rings is 1. The van der Waals surface area contributed by atoms with Crippen LogP contribution in [0.25, 0.3) is 0 Å². The molecule has 0 amide bonds. The molecule has 1 aliphatic heterocycles. The first kappa shape index (κ1) is 17.3. The number of aromatic nitrogens is 2. The Hall–Kier alpha value is -2.13. The van der Waals surface area contributed by atoms with Gasteiger partial charge in [-0.2, -0.15) is 9.40 Å². The van der Waals surface area contributed by atoms with Crippen molar-refractivity contribution >= 4 is 15.8 Å². The Labute approximate surface area is 150 Å². The third-order valence-corrected chi connectivity index (χ3v) is 6.70. The van der Waals surface area contributed by atoms with E-state index >= 15 is 0 Å². The van der Waals surface area contributed by atoms with Crippen molar-refractivity contribution in [2.24, 2.45) is 0 Å². The molecule has 26 heavy (non-hydrogen) atoms. The fraction of sp³-hybridized carbons (Fsp3) is 0.412. The van der Waals surface area contributed by atoms with Crippen LogP contribution in [0.2, 0.25) is 0 Å². The van der Waals surface area contributed by atoms with Gasteiger partial charge in [0.2, 0.25) is 10.0 Å². The van der Waals surface area contributed by atoms with E-state index in [4.69, 9.17) is 0 Å². The number of hydrogen-bond donors (Lipinski definition) is 0. The molecule has 1 saturated heterocycles. The summed E-state index contributed by atoms with van der Waals surface area (Å²) in [6.45, 7) is 1.02. The predicted octanol–water partition coefficient (Wildman–Crippen LogP) is 2.14. The third kappa shape index (κ3) is 3.16. The van der Waals surface area contributed by atoms with Gasteiger partial charge in [-0.15, -0.1) is 5.10 Å². The van der Waals surface area contributed by atoms with Crippen LogP contribution in [-0.2, 0) is 10.0 Å². The monoisotopic (exact) mass is 380 g/mol. The highest BCUT2D eigenvalue weighted by Gasteiger charge is 2.33. The Bertz CT molecular complexity index is 889. The summed E-state index contributed by atoms with van der Waals surface area (Å²) in [4.78, 5) is 1.04. The molecule has 6 nitrogen and oxygen atoms in total. The van der Waals surface area contributed by atoms with Crippen LogP contribution in [0, 0.1) is 11.6 Å². The highest BCUT2D eigenvalue weighted by molar-refractivity contribution is 7.89. The lowest BCUT2D eigenvalue weighted by Gasteiger charge is -2.34. The molecule has 138 valence electrons. The van der Waals surface area contributed by atoms with E-state index in [0.29, 0.717) is 24.8 Å². The van der Waals surface area contributed by atoms with Gasteiger partial charge in [0.1, 0.15) is 11.6 Å². The first-order chi connectivity index (χ1) is 12.5. The maximum atomic E-state index is 13.9. The summed E-state index contributed by atoms with van der Waals surface area (Å²) in [5.74, 6) is -0.944. The minimum absolute atomic E-state index is 0.127. The van der Waals surface area contributed by atoms with Crippen LogP contribution in [0.3, 0.4) is 0 Å². The van der Waals surface area contributed by atoms with Crippen molar-refractivity contribution in [3.05, 3.63) is 47.7 Å². The van der Waals surface area contributed by atoms with Crippen LogP contribution < -0.4 is 4.90 Å². The Morgan fingerprint density at radius 2 is 1.58 bits per heavy atom. The number of anilines is 1. The predicted molar refractivity (Wildman–Crippen MR) is 91.3 cm³/mol. The first-order valence-corrected chi connectivity index (χ1v) is 9.93. The lowest BCUT2D eigenvalue weighted by atomic mass is 10.2. The van der Waals surface area contributed by atoms with Gasteiger partial charge >= 0.3 is 0 Å². The number of piperazine rings is 1. The van der Waals surface area contributed by atoms with Crippen molar-refractivity contribution in [2.45, 2.75) is 23.7 Å². The summed E-state index contributed by atoms with van der Waals surface area (Å²) >= 11 is 0. The topological polar surface area (TPSA) is 66.4 Å². The van der Waals surface area contributed by atoms with Crippen LogP contribution in [0.4, 0.5) is 14.6 Å². The molecule has 0 unspecified atom stereocenters. The Morgan fingerprint density at radius 1 is 0.923 bits per heavy atom. The maximum absolute atomic E-state index is 13.9. The minimum atomic E-state index is -4.22. The van der Waals surface area contributed by atoms with Gasteiger partial charge in [0.15, 0.2) is 10.7 Å². The van der Waals surface area contributed by atoms with Gasteiger partial charge in [0, 0.05) is 32.1 Å². The molecule has 0 N–H and O–H groups in total. The average Bonchev–Trinajstić information content (AvgIpc) is 3.47. The quantitative estimate of drug-likeness (QED) is 0.813. The van der Waals surface area contributed by atoms with E-state index in [1.54, 1.807) is 0 Å². The van der Waals surface area contributed by atoms with Crippen molar-refractivity contribution in [2.75, 3.05) is 31.1 Å². The molecule has 0 atom stereocenters. The summed E-state index contributed by atoms with van der Waals surface area (Å²) in [5.41, 5.74) is 0.991. The Balaban J connectivity index is 1.47. The van der Waals surface area contributed by atoms with Crippen molar-refractivity contribution in [1.82, 2.24) is 14.5 Å². The number of nitrogens with zero attached hydrogens (tertiary/aromatic N) is 4. The molecular formula is C17H18F2N4O2S. The zero-order chi connectivity index (χ0) is 18.3. The number of hydrogen-bond acceptors (Lipinski definition) is 5. The molecule has 1 aromatic heterocycles. The van der Waals surface area contributed by atoms with Crippen molar-refractivity contribution in [3.8, 4) is 0 Å². The summed E-state index contributed by atoms with van der Waals surface area (Å²) in [6.07, 6.45) is 2.30. The van der Waals surface area contributed by atoms with Gasteiger partial charge in [-0.05, 0) is 37.1 Å². The molecule has 2 heterocycles. The van der Waals surface area contributed by atoms with Gasteiger partial charge in [-0.25, -0.2) is 17.2 Å². The molecular weight excluding hydrogens is 362 g/mol. The zero-order valence-corrected chi connectivity index (χ0v) is 14.8. The van der Waals surface area contributed by atoms with Crippen LogP contribution in [0.5, 0.6) is 0 Å².